The van der Waals surface area contributed by atoms with Crippen LogP contribution in [0.15, 0.2) is 35.1 Å². The number of nitrogens with two attached hydrogens (primary N) is 1. The highest BCUT2D eigenvalue weighted by atomic mass is 19.1. The maximum atomic E-state index is 15.3. The normalized spacial score (nSPS) is 13.9. The average Bonchev–Trinajstić information content (AvgIpc) is 3.14. The predicted octanol–water partition coefficient (Wildman–Crippen LogP) is 4.22. The number of ether oxygens (including phenoxy) is 1. The van der Waals surface area contributed by atoms with Gasteiger partial charge >= 0.3 is 5.69 Å². The number of nitrogens with one attached hydrogen (secondary N) is 1. The number of carbonyl (C=O) groups excluding carboxylic acids is 1. The summed E-state index contributed by atoms with van der Waals surface area (Å²) in [6.45, 7) is 6.29. The fourth-order valence-corrected chi connectivity index (χ4v) is 4.26. The first-order valence-corrected chi connectivity index (χ1v) is 11.7. The lowest BCUT2D eigenvalue weighted by atomic mass is 10.1. The number of aromatic nitrogens is 3. The number of para-hydroxylation sites is 1. The topological polar surface area (TPSA) is 104 Å². The number of benzene rings is 2. The first kappa shape index (κ1) is 23.5. The second-order valence-corrected chi connectivity index (χ2v) is 8.73. The van der Waals surface area contributed by atoms with Crippen LogP contribution in [0.2, 0.25) is 0 Å². The lowest BCUT2D eigenvalue weighted by Gasteiger charge is -2.19. The molecule has 0 bridgehead atoms. The fraction of sp³-hybridized carbons (Fsp3) is 0.400. The van der Waals surface area contributed by atoms with Crippen molar-refractivity contribution in [3.8, 4) is 11.4 Å². The van der Waals surface area contributed by atoms with Crippen molar-refractivity contribution in [1.29, 1.82) is 0 Å². The molecule has 34 heavy (non-hydrogen) atoms. The summed E-state index contributed by atoms with van der Waals surface area (Å²) in [5.74, 6) is -0.480. The van der Waals surface area contributed by atoms with Gasteiger partial charge in [-0.2, -0.15) is 4.68 Å². The predicted molar refractivity (Wildman–Crippen MR) is 129 cm³/mol. The van der Waals surface area contributed by atoms with Gasteiger partial charge in [0.25, 0.3) is 5.91 Å². The van der Waals surface area contributed by atoms with Gasteiger partial charge in [0.2, 0.25) is 0 Å². The van der Waals surface area contributed by atoms with Gasteiger partial charge in [-0.25, -0.2) is 9.18 Å². The van der Waals surface area contributed by atoms with Gasteiger partial charge in [-0.1, -0.05) is 25.5 Å². The van der Waals surface area contributed by atoms with Gasteiger partial charge in [0, 0.05) is 19.0 Å². The lowest BCUT2D eigenvalue weighted by molar-refractivity contribution is 0.101. The van der Waals surface area contributed by atoms with E-state index >= 15 is 4.39 Å². The molecule has 0 spiro atoms. The Bertz CT molecular complexity index is 1260. The van der Waals surface area contributed by atoms with Crippen molar-refractivity contribution in [2.75, 3.05) is 11.1 Å². The molecule has 8 nitrogen and oxygen atoms in total. The SMILES string of the molecule is CCCC(C)Oc1cc(-n2nc3n(c2=O)CCCC3)c(F)cc1C(=O)Nc1c(C)cccc1N. The minimum Gasteiger partial charge on any atom is -0.490 e. The molecule has 0 fully saturated rings. The van der Waals surface area contributed by atoms with Crippen LogP contribution in [0.25, 0.3) is 5.69 Å². The molecule has 2 heterocycles. The van der Waals surface area contributed by atoms with Crippen molar-refractivity contribution in [2.24, 2.45) is 0 Å². The van der Waals surface area contributed by atoms with Gasteiger partial charge in [0.15, 0.2) is 0 Å². The van der Waals surface area contributed by atoms with Crippen LogP contribution in [-0.2, 0) is 13.0 Å². The molecule has 1 aliphatic rings. The minimum absolute atomic E-state index is 0.0175. The number of halogens is 1. The molecule has 1 amide bonds. The largest absolute Gasteiger partial charge is 0.490 e. The smallest absolute Gasteiger partial charge is 0.350 e. The number of nitrogens with zero attached hydrogens (tertiary/aromatic N) is 3. The monoisotopic (exact) mass is 467 g/mol. The van der Waals surface area contributed by atoms with E-state index in [9.17, 15) is 9.59 Å². The van der Waals surface area contributed by atoms with Crippen LogP contribution in [0.4, 0.5) is 15.8 Å². The number of hydrogen-bond donors (Lipinski definition) is 2. The third-order valence-electron chi connectivity index (χ3n) is 6.06. The molecule has 2 aromatic carbocycles. The lowest BCUT2D eigenvalue weighted by Crippen LogP contribution is -2.27. The first-order valence-electron chi connectivity index (χ1n) is 11.7. The van der Waals surface area contributed by atoms with Gasteiger partial charge in [-0.3, -0.25) is 9.36 Å². The van der Waals surface area contributed by atoms with Crippen molar-refractivity contribution in [3.05, 3.63) is 63.6 Å². The van der Waals surface area contributed by atoms with E-state index in [1.807, 2.05) is 26.8 Å². The van der Waals surface area contributed by atoms with Gasteiger partial charge < -0.3 is 15.8 Å². The standard InChI is InChI=1S/C25H30FN5O3/c1-4-8-16(3)34-21-14-20(31-25(33)30-12-6-5-11-22(30)29-31)18(26)13-17(21)24(32)28-23-15(2)9-7-10-19(23)27/h7,9-10,13-14,16H,4-6,8,11-12,27H2,1-3H3,(H,28,32). The summed E-state index contributed by atoms with van der Waals surface area (Å²) in [6.07, 6.45) is 3.89. The van der Waals surface area contributed by atoms with Crippen LogP contribution in [0.1, 0.15) is 61.3 Å². The highest BCUT2D eigenvalue weighted by Gasteiger charge is 2.24. The Kier molecular flexibility index (Phi) is 6.72. The average molecular weight is 468 g/mol. The summed E-state index contributed by atoms with van der Waals surface area (Å²) < 4.78 is 24.0. The second kappa shape index (κ2) is 9.70. The second-order valence-electron chi connectivity index (χ2n) is 8.73. The van der Waals surface area contributed by atoms with E-state index in [0.29, 0.717) is 30.2 Å². The van der Waals surface area contributed by atoms with Crippen LogP contribution >= 0.6 is 0 Å². The maximum absolute atomic E-state index is 15.3. The van der Waals surface area contributed by atoms with E-state index < -0.39 is 17.4 Å². The first-order chi connectivity index (χ1) is 16.3. The molecule has 3 N–H and O–H groups in total. The number of anilines is 2. The summed E-state index contributed by atoms with van der Waals surface area (Å²) in [6, 6.07) is 7.77. The third-order valence-corrected chi connectivity index (χ3v) is 6.06. The molecule has 1 unspecified atom stereocenters. The molecular weight excluding hydrogens is 437 g/mol. The molecule has 0 aliphatic carbocycles. The van der Waals surface area contributed by atoms with Crippen molar-refractivity contribution in [1.82, 2.24) is 14.3 Å². The Morgan fingerprint density at radius 3 is 2.82 bits per heavy atom. The van der Waals surface area contributed by atoms with Gasteiger partial charge in [0.05, 0.1) is 23.0 Å². The molecule has 180 valence electrons. The summed E-state index contributed by atoms with van der Waals surface area (Å²) in [5.41, 5.74) is 7.25. The highest BCUT2D eigenvalue weighted by Crippen LogP contribution is 2.30. The quantitative estimate of drug-likeness (QED) is 0.507. The van der Waals surface area contributed by atoms with Crippen LogP contribution in [-0.4, -0.2) is 26.4 Å². The molecule has 0 saturated heterocycles. The van der Waals surface area contributed by atoms with Crippen LogP contribution < -0.4 is 21.5 Å². The number of carbonyl (C=O) groups is 1. The number of fused-ring (bicyclic) bond motifs is 1. The molecule has 1 aliphatic heterocycles. The summed E-state index contributed by atoms with van der Waals surface area (Å²) in [7, 11) is 0. The zero-order valence-electron chi connectivity index (χ0n) is 19.7. The van der Waals surface area contributed by atoms with E-state index in [1.165, 1.54) is 6.07 Å². The Morgan fingerprint density at radius 2 is 2.12 bits per heavy atom. The molecule has 3 aromatic rings. The zero-order valence-corrected chi connectivity index (χ0v) is 19.7. The number of rotatable bonds is 7. The van der Waals surface area contributed by atoms with Crippen molar-refractivity contribution in [2.45, 2.75) is 65.5 Å². The van der Waals surface area contributed by atoms with Crippen LogP contribution in [0.3, 0.4) is 0 Å². The highest BCUT2D eigenvalue weighted by molar-refractivity contribution is 6.08. The van der Waals surface area contributed by atoms with Crippen molar-refractivity contribution < 1.29 is 13.9 Å². The molecular formula is C25H30FN5O3. The summed E-state index contributed by atoms with van der Waals surface area (Å²) in [4.78, 5) is 26.1. The Balaban J connectivity index is 1.78. The molecule has 9 heteroatoms. The Morgan fingerprint density at radius 1 is 1.32 bits per heavy atom. The number of aryl methyl sites for hydroxylation is 2. The Labute approximate surface area is 197 Å². The Hall–Kier alpha value is -3.62. The van der Waals surface area contributed by atoms with Crippen LogP contribution in [0.5, 0.6) is 5.75 Å². The molecule has 1 atom stereocenters. The van der Waals surface area contributed by atoms with Gasteiger partial charge in [0.1, 0.15) is 23.1 Å². The number of hydrogen-bond acceptors (Lipinski definition) is 5. The number of nitrogen functional groups attached to an aromatic ring is 1. The molecule has 4 rings (SSSR count). The van der Waals surface area contributed by atoms with E-state index in [0.717, 1.165) is 42.0 Å². The molecule has 0 radical (unpaired) electrons. The van der Waals surface area contributed by atoms with Crippen molar-refractivity contribution >= 4 is 17.3 Å². The van der Waals surface area contributed by atoms with Gasteiger partial charge in [-0.15, -0.1) is 5.10 Å². The third kappa shape index (κ3) is 4.55. The van der Waals surface area contributed by atoms with E-state index in [-0.39, 0.29) is 23.1 Å². The maximum Gasteiger partial charge on any atom is 0.350 e. The van der Waals surface area contributed by atoms with Crippen molar-refractivity contribution in [3.63, 3.8) is 0 Å². The zero-order chi connectivity index (χ0) is 24.4. The minimum atomic E-state index is -0.740. The molecule has 1 aromatic heterocycles. The van der Waals surface area contributed by atoms with Gasteiger partial charge in [-0.05, 0) is 50.8 Å². The number of amides is 1. The van der Waals surface area contributed by atoms with E-state index in [1.54, 1.807) is 16.7 Å². The summed E-state index contributed by atoms with van der Waals surface area (Å²) >= 11 is 0. The van der Waals surface area contributed by atoms with E-state index in [2.05, 4.69) is 10.4 Å². The molecule has 0 saturated carbocycles. The van der Waals surface area contributed by atoms with E-state index in [4.69, 9.17) is 10.5 Å². The summed E-state index contributed by atoms with van der Waals surface area (Å²) in [5, 5.41) is 7.14. The van der Waals surface area contributed by atoms with Crippen LogP contribution in [0, 0.1) is 12.7 Å². The fourth-order valence-electron chi connectivity index (χ4n) is 4.26.